The summed E-state index contributed by atoms with van der Waals surface area (Å²) in [7, 11) is 2.28. The minimum Gasteiger partial charge on any atom is -0.329 e. The van der Waals surface area contributed by atoms with Gasteiger partial charge in [0.05, 0.1) is 0 Å². The van der Waals surface area contributed by atoms with E-state index in [9.17, 15) is 0 Å². The van der Waals surface area contributed by atoms with Gasteiger partial charge < -0.3 is 5.73 Å². The molecule has 1 aliphatic rings. The summed E-state index contributed by atoms with van der Waals surface area (Å²) in [6, 6.07) is 0. The molecule has 1 saturated carbocycles. The lowest BCUT2D eigenvalue weighted by Gasteiger charge is -2.54. The average Bonchev–Trinajstić information content (AvgIpc) is 2.26. The van der Waals surface area contributed by atoms with Crippen LogP contribution in [-0.2, 0) is 0 Å². The molecule has 1 aliphatic carbocycles. The van der Waals surface area contributed by atoms with Crippen molar-refractivity contribution in [1.82, 2.24) is 4.90 Å². The minimum atomic E-state index is 0.219. The highest BCUT2D eigenvalue weighted by molar-refractivity contribution is 5.00. The molecule has 17 heavy (non-hydrogen) atoms. The first-order valence-electron chi connectivity index (χ1n) is 7.21. The lowest BCUT2D eigenvalue weighted by molar-refractivity contribution is -0.0266. The lowest BCUT2D eigenvalue weighted by Crippen LogP contribution is -2.62. The van der Waals surface area contributed by atoms with Gasteiger partial charge in [0, 0.05) is 17.6 Å². The van der Waals surface area contributed by atoms with Gasteiger partial charge in [-0.3, -0.25) is 4.90 Å². The van der Waals surface area contributed by atoms with Crippen LogP contribution in [0.4, 0.5) is 0 Å². The molecule has 1 rings (SSSR count). The van der Waals surface area contributed by atoms with E-state index in [-0.39, 0.29) is 11.1 Å². The summed E-state index contributed by atoms with van der Waals surface area (Å²) < 4.78 is 0. The van der Waals surface area contributed by atoms with Gasteiger partial charge in [0.15, 0.2) is 0 Å². The minimum absolute atomic E-state index is 0.219. The summed E-state index contributed by atoms with van der Waals surface area (Å²) >= 11 is 0. The molecular weight excluding hydrogens is 208 g/mol. The van der Waals surface area contributed by atoms with Crippen molar-refractivity contribution in [3.63, 3.8) is 0 Å². The Morgan fingerprint density at radius 1 is 1.24 bits per heavy atom. The number of nitrogens with zero attached hydrogens (tertiary/aromatic N) is 1. The fraction of sp³-hybridized carbons (Fsp3) is 1.00. The zero-order valence-electron chi connectivity index (χ0n) is 12.7. The Hall–Kier alpha value is -0.0800. The van der Waals surface area contributed by atoms with Crippen molar-refractivity contribution in [2.75, 3.05) is 13.6 Å². The fourth-order valence-electron chi connectivity index (χ4n) is 3.69. The summed E-state index contributed by atoms with van der Waals surface area (Å²) in [6.45, 7) is 12.5. The van der Waals surface area contributed by atoms with E-state index in [1.54, 1.807) is 0 Å². The monoisotopic (exact) mass is 240 g/mol. The zero-order valence-corrected chi connectivity index (χ0v) is 12.7. The highest BCUT2D eigenvalue weighted by Crippen LogP contribution is 2.41. The molecule has 0 aromatic heterocycles. The molecule has 0 bridgehead atoms. The largest absolute Gasteiger partial charge is 0.329 e. The predicted molar refractivity (Wildman–Crippen MR) is 76.1 cm³/mol. The Labute approximate surface area is 108 Å². The van der Waals surface area contributed by atoms with Crippen LogP contribution < -0.4 is 5.73 Å². The number of rotatable bonds is 4. The molecule has 0 aliphatic heterocycles. The normalized spacial score (nSPS) is 35.3. The molecule has 102 valence electrons. The molecule has 0 heterocycles. The van der Waals surface area contributed by atoms with Crippen molar-refractivity contribution in [2.45, 2.75) is 71.4 Å². The van der Waals surface area contributed by atoms with Crippen molar-refractivity contribution in [2.24, 2.45) is 17.6 Å². The van der Waals surface area contributed by atoms with Crippen molar-refractivity contribution in [1.29, 1.82) is 0 Å². The van der Waals surface area contributed by atoms with Gasteiger partial charge >= 0.3 is 0 Å². The standard InChI is InChI=1S/C15H32N2/c1-7-14(4,5)17(6)15(11-16)9-12(2)8-13(3)10-15/h12-13H,7-11,16H2,1-6H3. The number of nitrogens with two attached hydrogens (primary N) is 1. The van der Waals surface area contributed by atoms with E-state index in [4.69, 9.17) is 5.73 Å². The molecule has 2 unspecified atom stereocenters. The van der Waals surface area contributed by atoms with Gasteiger partial charge in [-0.2, -0.15) is 0 Å². The molecule has 0 spiro atoms. The second kappa shape index (κ2) is 5.27. The van der Waals surface area contributed by atoms with Crippen LogP contribution in [0.5, 0.6) is 0 Å². The second-order valence-electron chi connectivity index (χ2n) is 7.01. The fourth-order valence-corrected chi connectivity index (χ4v) is 3.69. The quantitative estimate of drug-likeness (QED) is 0.817. The maximum absolute atomic E-state index is 6.17. The lowest BCUT2D eigenvalue weighted by atomic mass is 9.69. The van der Waals surface area contributed by atoms with Gasteiger partial charge in [-0.25, -0.2) is 0 Å². The third-order valence-corrected chi connectivity index (χ3v) is 5.13. The van der Waals surface area contributed by atoms with Crippen LogP contribution in [0.25, 0.3) is 0 Å². The molecule has 2 atom stereocenters. The van der Waals surface area contributed by atoms with E-state index < -0.39 is 0 Å². The smallest absolute Gasteiger partial charge is 0.0339 e. The van der Waals surface area contributed by atoms with Gasteiger partial charge in [0.25, 0.3) is 0 Å². The van der Waals surface area contributed by atoms with Crippen molar-refractivity contribution >= 4 is 0 Å². The van der Waals surface area contributed by atoms with Crippen LogP contribution in [0, 0.1) is 11.8 Å². The molecule has 0 aromatic carbocycles. The molecule has 1 fully saturated rings. The summed E-state index contributed by atoms with van der Waals surface area (Å²) in [5.41, 5.74) is 6.64. The first kappa shape index (κ1) is 15.0. The molecule has 0 aromatic rings. The number of hydrogen-bond donors (Lipinski definition) is 1. The van der Waals surface area contributed by atoms with Crippen molar-refractivity contribution < 1.29 is 0 Å². The molecule has 2 N–H and O–H groups in total. The Kier molecular flexibility index (Phi) is 4.65. The van der Waals surface area contributed by atoms with Crippen LogP contribution in [-0.4, -0.2) is 29.6 Å². The predicted octanol–water partition coefficient (Wildman–Crippen LogP) is 3.26. The molecular formula is C15H32N2. The van der Waals surface area contributed by atoms with Gasteiger partial charge in [-0.15, -0.1) is 0 Å². The Morgan fingerprint density at radius 3 is 2.06 bits per heavy atom. The van der Waals surface area contributed by atoms with Gasteiger partial charge in [0.1, 0.15) is 0 Å². The highest BCUT2D eigenvalue weighted by Gasteiger charge is 2.44. The number of hydrogen-bond acceptors (Lipinski definition) is 2. The van der Waals surface area contributed by atoms with Crippen LogP contribution in [0.2, 0.25) is 0 Å². The highest BCUT2D eigenvalue weighted by atomic mass is 15.2. The third kappa shape index (κ3) is 3.03. The van der Waals surface area contributed by atoms with Crippen molar-refractivity contribution in [3.8, 4) is 0 Å². The summed E-state index contributed by atoms with van der Waals surface area (Å²) in [5.74, 6) is 1.61. The van der Waals surface area contributed by atoms with Crippen LogP contribution in [0.3, 0.4) is 0 Å². The molecule has 2 heteroatoms. The van der Waals surface area contributed by atoms with E-state index >= 15 is 0 Å². The van der Waals surface area contributed by atoms with Gasteiger partial charge in [-0.1, -0.05) is 20.8 Å². The maximum atomic E-state index is 6.17. The van der Waals surface area contributed by atoms with E-state index in [1.807, 2.05) is 0 Å². The number of likely N-dealkylation sites (N-methyl/N-ethyl adjacent to an activating group) is 1. The molecule has 2 nitrogen and oxygen atoms in total. The Balaban J connectivity index is 2.94. The van der Waals surface area contributed by atoms with E-state index in [0.717, 1.165) is 18.4 Å². The van der Waals surface area contributed by atoms with E-state index in [0.29, 0.717) is 0 Å². The van der Waals surface area contributed by atoms with Gasteiger partial charge in [-0.05, 0) is 58.4 Å². The molecule has 0 amide bonds. The second-order valence-corrected chi connectivity index (χ2v) is 7.01. The third-order valence-electron chi connectivity index (χ3n) is 5.13. The van der Waals surface area contributed by atoms with Crippen molar-refractivity contribution in [3.05, 3.63) is 0 Å². The first-order chi connectivity index (χ1) is 7.77. The van der Waals surface area contributed by atoms with E-state index in [2.05, 4.69) is 46.6 Å². The van der Waals surface area contributed by atoms with Crippen LogP contribution >= 0.6 is 0 Å². The topological polar surface area (TPSA) is 29.3 Å². The zero-order chi connectivity index (χ0) is 13.3. The summed E-state index contributed by atoms with van der Waals surface area (Å²) in [5, 5.41) is 0. The van der Waals surface area contributed by atoms with Crippen LogP contribution in [0.15, 0.2) is 0 Å². The van der Waals surface area contributed by atoms with E-state index in [1.165, 1.54) is 25.7 Å². The van der Waals surface area contributed by atoms with Crippen LogP contribution in [0.1, 0.15) is 60.3 Å². The summed E-state index contributed by atoms with van der Waals surface area (Å²) in [6.07, 6.45) is 5.05. The SMILES string of the molecule is CCC(C)(C)N(C)C1(CN)CC(C)CC(C)C1. The average molecular weight is 240 g/mol. The Bertz CT molecular complexity index is 237. The van der Waals surface area contributed by atoms with Gasteiger partial charge in [0.2, 0.25) is 0 Å². The molecule has 0 saturated heterocycles. The molecule has 0 radical (unpaired) electrons. The Morgan fingerprint density at radius 2 is 1.71 bits per heavy atom. The first-order valence-corrected chi connectivity index (χ1v) is 7.21. The summed E-state index contributed by atoms with van der Waals surface area (Å²) in [4.78, 5) is 2.58. The maximum Gasteiger partial charge on any atom is 0.0339 e.